The maximum Gasteiger partial charge on any atom is 0.356 e. The molecule has 2 heterocycles. The van der Waals surface area contributed by atoms with Gasteiger partial charge in [0.15, 0.2) is 5.69 Å². The van der Waals surface area contributed by atoms with E-state index in [1.165, 1.54) is 10.7 Å². The molecule has 2 rings (SSSR count). The Morgan fingerprint density at radius 3 is 2.83 bits per heavy atom. The molecule has 130 valence electrons. The number of aromatic nitrogens is 2. The number of ether oxygens (including phenoxy) is 1. The molecule has 2 aromatic rings. The number of carbonyl (C=O) groups is 2. The van der Waals surface area contributed by atoms with E-state index in [2.05, 4.69) is 5.10 Å². The number of hydrogen-bond donors (Lipinski definition) is 0. The van der Waals surface area contributed by atoms with Gasteiger partial charge in [-0.15, -0.1) is 0 Å². The Labute approximate surface area is 141 Å². The van der Waals surface area contributed by atoms with Crippen LogP contribution in [0.4, 0.5) is 0 Å². The minimum absolute atomic E-state index is 0.00986. The topological polar surface area (TPSA) is 77.6 Å². The SMILES string of the molecule is CCOC(=O)c1cc(C(=O)N(C)C(C)CCc2ccco2)nn1C. The number of carbonyl (C=O) groups excluding carboxylic acids is 2. The summed E-state index contributed by atoms with van der Waals surface area (Å²) in [4.78, 5) is 26.0. The summed E-state index contributed by atoms with van der Waals surface area (Å²) in [6, 6.07) is 5.24. The molecular weight excluding hydrogens is 310 g/mol. The zero-order valence-corrected chi connectivity index (χ0v) is 14.5. The number of furan rings is 1. The van der Waals surface area contributed by atoms with Crippen molar-refractivity contribution >= 4 is 11.9 Å². The Bertz CT molecular complexity index is 691. The Morgan fingerprint density at radius 2 is 2.21 bits per heavy atom. The lowest BCUT2D eigenvalue weighted by atomic mass is 10.1. The van der Waals surface area contributed by atoms with Crippen LogP contribution in [0, 0.1) is 0 Å². The molecule has 0 radical (unpaired) electrons. The summed E-state index contributed by atoms with van der Waals surface area (Å²) in [7, 11) is 3.34. The average molecular weight is 333 g/mol. The Balaban J connectivity index is 2.01. The summed E-state index contributed by atoms with van der Waals surface area (Å²) in [6.45, 7) is 3.97. The largest absolute Gasteiger partial charge is 0.469 e. The second-order valence-corrected chi connectivity index (χ2v) is 5.64. The van der Waals surface area contributed by atoms with Gasteiger partial charge in [0.2, 0.25) is 0 Å². The number of hydrogen-bond acceptors (Lipinski definition) is 5. The minimum Gasteiger partial charge on any atom is -0.469 e. The lowest BCUT2D eigenvalue weighted by molar-refractivity contribution is 0.0513. The smallest absolute Gasteiger partial charge is 0.356 e. The zero-order chi connectivity index (χ0) is 17.7. The van der Waals surface area contributed by atoms with Crippen LogP contribution in [0.5, 0.6) is 0 Å². The van der Waals surface area contributed by atoms with Gasteiger partial charge in [-0.1, -0.05) is 0 Å². The summed E-state index contributed by atoms with van der Waals surface area (Å²) in [5.74, 6) is 0.179. The Kier molecular flexibility index (Phi) is 5.78. The van der Waals surface area contributed by atoms with Crippen molar-refractivity contribution in [2.45, 2.75) is 32.7 Å². The fraction of sp³-hybridized carbons (Fsp3) is 0.471. The van der Waals surface area contributed by atoms with Crippen LogP contribution in [0.2, 0.25) is 0 Å². The van der Waals surface area contributed by atoms with Crippen LogP contribution in [-0.2, 0) is 18.2 Å². The molecule has 7 heteroatoms. The molecule has 1 amide bonds. The van der Waals surface area contributed by atoms with E-state index in [1.807, 2.05) is 19.1 Å². The van der Waals surface area contributed by atoms with E-state index < -0.39 is 5.97 Å². The minimum atomic E-state index is -0.486. The predicted molar refractivity (Wildman–Crippen MR) is 87.7 cm³/mol. The standard InChI is InChI=1S/C17H23N3O4/c1-5-23-17(22)15-11-14(18-20(15)4)16(21)19(3)12(2)8-9-13-7-6-10-24-13/h6-7,10-12H,5,8-9H2,1-4H3. The highest BCUT2D eigenvalue weighted by molar-refractivity contribution is 5.96. The molecule has 0 saturated carbocycles. The van der Waals surface area contributed by atoms with Gasteiger partial charge in [0.05, 0.1) is 12.9 Å². The molecule has 0 spiro atoms. The molecule has 0 aliphatic carbocycles. The maximum atomic E-state index is 12.6. The van der Waals surface area contributed by atoms with Crippen molar-refractivity contribution in [3.05, 3.63) is 41.6 Å². The van der Waals surface area contributed by atoms with Crippen LogP contribution in [0.25, 0.3) is 0 Å². The van der Waals surface area contributed by atoms with Crippen LogP contribution in [-0.4, -0.2) is 46.3 Å². The fourth-order valence-corrected chi connectivity index (χ4v) is 2.35. The zero-order valence-electron chi connectivity index (χ0n) is 14.5. The van der Waals surface area contributed by atoms with Crippen LogP contribution in [0.15, 0.2) is 28.9 Å². The van der Waals surface area contributed by atoms with E-state index in [9.17, 15) is 9.59 Å². The second kappa shape index (κ2) is 7.81. The number of esters is 1. The maximum absolute atomic E-state index is 12.6. The third kappa shape index (κ3) is 4.04. The first kappa shape index (κ1) is 17.8. The summed E-state index contributed by atoms with van der Waals surface area (Å²) >= 11 is 0. The number of amides is 1. The van der Waals surface area contributed by atoms with Gasteiger partial charge in [0.1, 0.15) is 11.5 Å². The quantitative estimate of drug-likeness (QED) is 0.727. The molecule has 0 aliphatic heterocycles. The highest BCUT2D eigenvalue weighted by atomic mass is 16.5. The van der Waals surface area contributed by atoms with E-state index in [0.717, 1.165) is 18.6 Å². The van der Waals surface area contributed by atoms with Crippen molar-refractivity contribution < 1.29 is 18.7 Å². The fourth-order valence-electron chi connectivity index (χ4n) is 2.35. The highest BCUT2D eigenvalue weighted by Gasteiger charge is 2.23. The summed E-state index contributed by atoms with van der Waals surface area (Å²) in [5, 5.41) is 4.13. The van der Waals surface area contributed by atoms with E-state index in [4.69, 9.17) is 9.15 Å². The predicted octanol–water partition coefficient (Wildman–Crippen LogP) is 2.28. The van der Waals surface area contributed by atoms with Crippen molar-refractivity contribution in [1.82, 2.24) is 14.7 Å². The Hall–Kier alpha value is -2.57. The molecule has 24 heavy (non-hydrogen) atoms. The van der Waals surface area contributed by atoms with Crippen molar-refractivity contribution in [2.24, 2.45) is 7.05 Å². The highest BCUT2D eigenvalue weighted by Crippen LogP contribution is 2.13. The molecule has 1 atom stereocenters. The van der Waals surface area contributed by atoms with Gasteiger partial charge in [-0.2, -0.15) is 5.10 Å². The van der Waals surface area contributed by atoms with Gasteiger partial charge < -0.3 is 14.1 Å². The number of aryl methyl sites for hydroxylation is 2. The molecule has 0 N–H and O–H groups in total. The monoisotopic (exact) mass is 333 g/mol. The van der Waals surface area contributed by atoms with Crippen LogP contribution in [0.3, 0.4) is 0 Å². The average Bonchev–Trinajstić information content (AvgIpc) is 3.20. The van der Waals surface area contributed by atoms with Crippen molar-refractivity contribution in [3.63, 3.8) is 0 Å². The molecule has 0 aromatic carbocycles. The first-order valence-electron chi connectivity index (χ1n) is 7.94. The molecule has 0 bridgehead atoms. The van der Waals surface area contributed by atoms with Crippen LogP contribution < -0.4 is 0 Å². The summed E-state index contributed by atoms with van der Waals surface area (Å²) in [6.07, 6.45) is 3.16. The van der Waals surface area contributed by atoms with Crippen LogP contribution >= 0.6 is 0 Å². The van der Waals surface area contributed by atoms with Crippen molar-refractivity contribution in [1.29, 1.82) is 0 Å². The normalized spacial score (nSPS) is 12.0. The van der Waals surface area contributed by atoms with Gasteiger partial charge in [-0.05, 0) is 32.4 Å². The van der Waals surface area contributed by atoms with E-state index in [0.29, 0.717) is 0 Å². The van der Waals surface area contributed by atoms with Crippen molar-refractivity contribution in [2.75, 3.05) is 13.7 Å². The van der Waals surface area contributed by atoms with Gasteiger partial charge in [-0.25, -0.2) is 4.79 Å². The van der Waals surface area contributed by atoms with E-state index in [-0.39, 0.29) is 29.9 Å². The third-order valence-corrected chi connectivity index (χ3v) is 3.95. The molecule has 1 unspecified atom stereocenters. The van der Waals surface area contributed by atoms with Gasteiger partial charge in [0.25, 0.3) is 5.91 Å². The van der Waals surface area contributed by atoms with Crippen LogP contribution in [0.1, 0.15) is 47.0 Å². The third-order valence-electron chi connectivity index (χ3n) is 3.95. The van der Waals surface area contributed by atoms with E-state index >= 15 is 0 Å². The molecular formula is C17H23N3O4. The van der Waals surface area contributed by atoms with Crippen molar-refractivity contribution in [3.8, 4) is 0 Å². The van der Waals surface area contributed by atoms with Gasteiger partial charge in [0, 0.05) is 32.6 Å². The molecule has 0 aliphatic rings. The summed E-state index contributed by atoms with van der Waals surface area (Å²) < 4.78 is 11.6. The van der Waals surface area contributed by atoms with Gasteiger partial charge >= 0.3 is 5.97 Å². The number of nitrogens with zero attached hydrogens (tertiary/aromatic N) is 3. The summed E-state index contributed by atoms with van der Waals surface area (Å²) in [5.41, 5.74) is 0.491. The lowest BCUT2D eigenvalue weighted by Gasteiger charge is -2.23. The number of rotatable bonds is 7. The molecule has 0 fully saturated rings. The molecule has 2 aromatic heterocycles. The molecule has 0 saturated heterocycles. The van der Waals surface area contributed by atoms with E-state index in [1.54, 1.807) is 32.2 Å². The first-order chi connectivity index (χ1) is 11.4. The lowest BCUT2D eigenvalue weighted by Crippen LogP contribution is -2.35. The molecule has 7 nitrogen and oxygen atoms in total. The van der Waals surface area contributed by atoms with Gasteiger partial charge in [-0.3, -0.25) is 9.48 Å². The first-order valence-corrected chi connectivity index (χ1v) is 7.94. The Morgan fingerprint density at radius 1 is 1.46 bits per heavy atom. The second-order valence-electron chi connectivity index (χ2n) is 5.64.